The van der Waals surface area contributed by atoms with Crippen molar-refractivity contribution in [1.29, 1.82) is 0 Å². The molecule has 2 aliphatic rings. The molecule has 1 N–H and O–H groups in total. The molecule has 0 spiro atoms. The van der Waals surface area contributed by atoms with Crippen LogP contribution in [-0.4, -0.2) is 49.5 Å². The Kier molecular flexibility index (Phi) is 5.63. The molecule has 33 heavy (non-hydrogen) atoms. The molecule has 0 bridgehead atoms. The molecule has 1 amide bonds. The number of amides is 1. The number of ether oxygens (including phenoxy) is 2. The van der Waals surface area contributed by atoms with Crippen molar-refractivity contribution in [3.8, 4) is 11.5 Å². The minimum absolute atomic E-state index is 0.135. The predicted molar refractivity (Wildman–Crippen MR) is 125 cm³/mol. The first kappa shape index (κ1) is 21.9. The van der Waals surface area contributed by atoms with E-state index in [4.69, 9.17) is 9.47 Å². The van der Waals surface area contributed by atoms with Crippen LogP contribution in [0.25, 0.3) is 10.2 Å². The van der Waals surface area contributed by atoms with Crippen molar-refractivity contribution in [2.24, 2.45) is 13.0 Å². The van der Waals surface area contributed by atoms with Gasteiger partial charge in [0.25, 0.3) is 0 Å². The number of piperidine rings is 1. The summed E-state index contributed by atoms with van der Waals surface area (Å²) in [7, 11) is -2.05. The van der Waals surface area contributed by atoms with Gasteiger partial charge in [0.05, 0.1) is 15.1 Å². The van der Waals surface area contributed by atoms with Crippen LogP contribution in [0.4, 0.5) is 5.69 Å². The largest absolute Gasteiger partial charge is 0.486 e. The van der Waals surface area contributed by atoms with Gasteiger partial charge in [-0.3, -0.25) is 9.59 Å². The van der Waals surface area contributed by atoms with Crippen molar-refractivity contribution in [1.82, 2.24) is 8.87 Å². The summed E-state index contributed by atoms with van der Waals surface area (Å²) in [5.41, 5.74) is 1.33. The maximum atomic E-state index is 13.1. The molecule has 5 rings (SSSR count). The van der Waals surface area contributed by atoms with Gasteiger partial charge in [-0.1, -0.05) is 11.3 Å². The van der Waals surface area contributed by atoms with Gasteiger partial charge in [-0.15, -0.1) is 0 Å². The van der Waals surface area contributed by atoms with E-state index in [1.54, 1.807) is 37.4 Å². The molecule has 2 aromatic carbocycles. The van der Waals surface area contributed by atoms with Gasteiger partial charge in [-0.05, 0) is 43.2 Å². The summed E-state index contributed by atoms with van der Waals surface area (Å²) in [6, 6.07) is 10.0. The number of aryl methyl sites for hydroxylation is 1. The van der Waals surface area contributed by atoms with Crippen LogP contribution in [0.1, 0.15) is 12.8 Å². The smallest absolute Gasteiger partial charge is 0.307 e. The van der Waals surface area contributed by atoms with E-state index in [9.17, 15) is 18.0 Å². The van der Waals surface area contributed by atoms with Crippen LogP contribution in [0.2, 0.25) is 0 Å². The Morgan fingerprint density at radius 1 is 1.06 bits per heavy atom. The fourth-order valence-corrected chi connectivity index (χ4v) is 6.64. The van der Waals surface area contributed by atoms with E-state index < -0.39 is 10.0 Å². The van der Waals surface area contributed by atoms with Crippen LogP contribution in [0, 0.1) is 5.92 Å². The molecular formula is C22H23N3O6S2. The number of aromatic nitrogens is 1. The van der Waals surface area contributed by atoms with E-state index in [0.717, 1.165) is 11.3 Å². The molecule has 3 heterocycles. The minimum Gasteiger partial charge on any atom is -0.486 e. The topological polar surface area (TPSA) is 107 Å². The van der Waals surface area contributed by atoms with Gasteiger partial charge in [-0.25, -0.2) is 8.42 Å². The quantitative estimate of drug-likeness (QED) is 0.603. The van der Waals surface area contributed by atoms with Gasteiger partial charge in [0.1, 0.15) is 13.2 Å². The third-order valence-corrected chi connectivity index (χ3v) is 8.93. The lowest BCUT2D eigenvalue weighted by atomic mass is 9.97. The molecule has 0 unspecified atom stereocenters. The van der Waals surface area contributed by atoms with Crippen molar-refractivity contribution in [2.45, 2.75) is 17.7 Å². The molecule has 2 aliphatic heterocycles. The molecule has 0 saturated carbocycles. The number of benzene rings is 2. The number of nitrogens with one attached hydrogen (secondary N) is 1. The number of hydrogen-bond acceptors (Lipinski definition) is 7. The number of carbonyl (C=O) groups excluding carboxylic acids is 1. The summed E-state index contributed by atoms with van der Waals surface area (Å²) in [5.74, 6) is 0.824. The molecule has 0 radical (unpaired) electrons. The summed E-state index contributed by atoms with van der Waals surface area (Å²) >= 11 is 1.02. The number of hydrogen-bond donors (Lipinski definition) is 1. The van der Waals surface area contributed by atoms with Crippen molar-refractivity contribution >= 4 is 43.2 Å². The molecule has 0 aliphatic carbocycles. The molecule has 9 nitrogen and oxygen atoms in total. The summed E-state index contributed by atoms with van der Waals surface area (Å²) < 4.78 is 40.9. The Morgan fingerprint density at radius 3 is 2.55 bits per heavy atom. The Balaban J connectivity index is 1.24. The predicted octanol–water partition coefficient (Wildman–Crippen LogP) is 2.41. The summed E-state index contributed by atoms with van der Waals surface area (Å²) in [6.45, 7) is 1.47. The lowest BCUT2D eigenvalue weighted by Gasteiger charge is -2.30. The molecule has 1 aromatic heterocycles. The van der Waals surface area contributed by atoms with Crippen LogP contribution < -0.4 is 19.7 Å². The molecule has 174 valence electrons. The van der Waals surface area contributed by atoms with Crippen molar-refractivity contribution in [3.05, 3.63) is 46.1 Å². The zero-order chi connectivity index (χ0) is 23.2. The maximum absolute atomic E-state index is 13.1. The van der Waals surface area contributed by atoms with Crippen LogP contribution in [0.5, 0.6) is 11.5 Å². The SMILES string of the molecule is Cn1c(=O)sc2cc(S(=O)(=O)N3CCC(C(=O)Nc4ccc5c(c4)OCCO5)CC3)ccc21. The number of fused-ring (bicyclic) bond motifs is 2. The van der Waals surface area contributed by atoms with Gasteiger partial charge < -0.3 is 19.4 Å². The maximum Gasteiger partial charge on any atom is 0.307 e. The lowest BCUT2D eigenvalue weighted by molar-refractivity contribution is -0.120. The van der Waals surface area contributed by atoms with E-state index in [-0.39, 0.29) is 34.7 Å². The Hall–Kier alpha value is -2.89. The van der Waals surface area contributed by atoms with Crippen LogP contribution in [0.3, 0.4) is 0 Å². The Labute approximate surface area is 194 Å². The van der Waals surface area contributed by atoms with E-state index in [1.807, 2.05) is 0 Å². The number of carbonyl (C=O) groups is 1. The van der Waals surface area contributed by atoms with Gasteiger partial charge in [0.15, 0.2) is 11.5 Å². The highest BCUT2D eigenvalue weighted by Crippen LogP contribution is 2.33. The van der Waals surface area contributed by atoms with Gasteiger partial charge in [-0.2, -0.15) is 4.31 Å². The number of anilines is 1. The van der Waals surface area contributed by atoms with Crippen molar-refractivity contribution in [3.63, 3.8) is 0 Å². The molecule has 3 aromatic rings. The Morgan fingerprint density at radius 2 is 1.79 bits per heavy atom. The molecule has 11 heteroatoms. The first-order valence-corrected chi connectivity index (χ1v) is 12.9. The van der Waals surface area contributed by atoms with Crippen LogP contribution in [-0.2, 0) is 21.9 Å². The third kappa shape index (κ3) is 4.11. The molecule has 0 atom stereocenters. The zero-order valence-corrected chi connectivity index (χ0v) is 19.6. The fourth-order valence-electron chi connectivity index (χ4n) is 4.15. The second kappa shape index (κ2) is 8.47. The first-order chi connectivity index (χ1) is 15.8. The highest BCUT2D eigenvalue weighted by molar-refractivity contribution is 7.89. The zero-order valence-electron chi connectivity index (χ0n) is 17.9. The standard InChI is InChI=1S/C22H23N3O6S2/c1-24-17-4-3-16(13-20(17)32-22(24)27)33(28,29)25-8-6-14(7-9-25)21(26)23-15-2-5-18-19(12-15)31-11-10-30-18/h2-5,12-14H,6-11H2,1H3,(H,23,26). The first-order valence-electron chi connectivity index (χ1n) is 10.6. The third-order valence-electron chi connectivity index (χ3n) is 6.04. The van der Waals surface area contributed by atoms with E-state index >= 15 is 0 Å². The van der Waals surface area contributed by atoms with Gasteiger partial charge in [0.2, 0.25) is 15.9 Å². The van der Waals surface area contributed by atoms with Crippen molar-refractivity contribution in [2.75, 3.05) is 31.6 Å². The highest BCUT2D eigenvalue weighted by Gasteiger charge is 2.32. The second-order valence-electron chi connectivity index (χ2n) is 8.08. The average molecular weight is 490 g/mol. The summed E-state index contributed by atoms with van der Waals surface area (Å²) in [6.07, 6.45) is 0.854. The summed E-state index contributed by atoms with van der Waals surface area (Å²) in [5, 5.41) is 2.90. The summed E-state index contributed by atoms with van der Waals surface area (Å²) in [4.78, 5) is 24.7. The van der Waals surface area contributed by atoms with Crippen LogP contribution in [0.15, 0.2) is 46.1 Å². The van der Waals surface area contributed by atoms with Gasteiger partial charge >= 0.3 is 4.87 Å². The number of rotatable bonds is 4. The van der Waals surface area contributed by atoms with Gasteiger partial charge in [0, 0.05) is 37.8 Å². The molecule has 1 fully saturated rings. The highest BCUT2D eigenvalue weighted by atomic mass is 32.2. The normalized spacial score (nSPS) is 17.2. The number of nitrogens with zero attached hydrogens (tertiary/aromatic N) is 2. The molecule has 1 saturated heterocycles. The second-order valence-corrected chi connectivity index (χ2v) is 11.0. The Bertz CT molecular complexity index is 1390. The lowest BCUT2D eigenvalue weighted by Crippen LogP contribution is -2.41. The number of thiazole rings is 1. The monoisotopic (exact) mass is 489 g/mol. The van der Waals surface area contributed by atoms with E-state index in [2.05, 4.69) is 5.32 Å². The van der Waals surface area contributed by atoms with Crippen LogP contribution >= 0.6 is 11.3 Å². The minimum atomic E-state index is -3.71. The van der Waals surface area contributed by atoms with Crippen molar-refractivity contribution < 1.29 is 22.7 Å². The van der Waals surface area contributed by atoms with E-state index in [0.29, 0.717) is 53.5 Å². The van der Waals surface area contributed by atoms with E-state index in [1.165, 1.54) is 14.9 Å². The fraction of sp³-hybridized carbons (Fsp3) is 0.364. The molecular weight excluding hydrogens is 466 g/mol. The number of sulfonamides is 1. The average Bonchev–Trinajstić information content (AvgIpc) is 3.11.